The third-order valence-electron chi connectivity index (χ3n) is 4.98. The van der Waals surface area contributed by atoms with Crippen molar-refractivity contribution in [2.75, 3.05) is 25.5 Å². The zero-order valence-electron chi connectivity index (χ0n) is 17.7. The summed E-state index contributed by atoms with van der Waals surface area (Å²) in [6, 6.07) is 12.0. The monoisotopic (exact) mass is 381 g/mol. The molecule has 5 heteroatoms. The molecule has 2 N–H and O–H groups in total. The first-order chi connectivity index (χ1) is 13.2. The van der Waals surface area contributed by atoms with Crippen molar-refractivity contribution in [3.8, 4) is 0 Å². The molecule has 2 rings (SSSR count). The average Bonchev–Trinajstić information content (AvgIpc) is 2.60. The van der Waals surface area contributed by atoms with E-state index in [1.54, 1.807) is 11.9 Å². The number of aryl methyl sites for hydroxylation is 4. The number of para-hydroxylation sites is 1. The minimum Gasteiger partial charge on any atom is -0.348 e. The molecule has 0 aliphatic rings. The number of carbonyl (C=O) groups excluding carboxylic acids is 2. The average molecular weight is 382 g/mol. The normalized spacial score (nSPS) is 12.0. The minimum atomic E-state index is -0.130. The third-order valence-corrected chi connectivity index (χ3v) is 4.98. The highest BCUT2D eigenvalue weighted by Gasteiger charge is 2.15. The van der Waals surface area contributed by atoms with Crippen molar-refractivity contribution in [2.24, 2.45) is 0 Å². The zero-order valence-corrected chi connectivity index (χ0v) is 17.7. The first kappa shape index (κ1) is 21.6. The molecule has 5 nitrogen and oxygen atoms in total. The maximum Gasteiger partial charge on any atom is 0.238 e. The molecule has 150 valence electrons. The van der Waals surface area contributed by atoms with Crippen LogP contribution in [-0.4, -0.2) is 36.9 Å². The van der Waals surface area contributed by atoms with E-state index in [9.17, 15) is 9.59 Å². The third kappa shape index (κ3) is 5.92. The number of carbonyl (C=O) groups is 2. The van der Waals surface area contributed by atoms with E-state index in [4.69, 9.17) is 0 Å². The van der Waals surface area contributed by atoms with Crippen molar-refractivity contribution in [2.45, 2.75) is 40.7 Å². The number of likely N-dealkylation sites (N-methyl/N-ethyl adjacent to an activating group) is 1. The van der Waals surface area contributed by atoms with E-state index in [0.29, 0.717) is 0 Å². The van der Waals surface area contributed by atoms with E-state index in [1.165, 1.54) is 11.1 Å². The van der Waals surface area contributed by atoms with E-state index in [0.717, 1.165) is 22.4 Å². The molecule has 0 aliphatic heterocycles. The maximum absolute atomic E-state index is 12.4. The van der Waals surface area contributed by atoms with Gasteiger partial charge in [-0.05, 0) is 69.5 Å². The maximum atomic E-state index is 12.4. The molecule has 0 aromatic heterocycles. The molecule has 0 fully saturated rings. The Morgan fingerprint density at radius 1 is 0.893 bits per heavy atom. The number of anilines is 1. The lowest BCUT2D eigenvalue weighted by Crippen LogP contribution is -2.39. The summed E-state index contributed by atoms with van der Waals surface area (Å²) in [5, 5.41) is 5.95. The predicted molar refractivity (Wildman–Crippen MR) is 115 cm³/mol. The zero-order chi connectivity index (χ0) is 20.8. The van der Waals surface area contributed by atoms with Crippen LogP contribution in [0.25, 0.3) is 0 Å². The van der Waals surface area contributed by atoms with Gasteiger partial charge in [-0.25, -0.2) is 0 Å². The lowest BCUT2D eigenvalue weighted by molar-refractivity contribution is -0.123. The highest BCUT2D eigenvalue weighted by molar-refractivity contribution is 5.94. The van der Waals surface area contributed by atoms with E-state index in [2.05, 4.69) is 36.6 Å². The van der Waals surface area contributed by atoms with Gasteiger partial charge in [-0.15, -0.1) is 0 Å². The number of rotatable bonds is 7. The van der Waals surface area contributed by atoms with Gasteiger partial charge < -0.3 is 10.6 Å². The van der Waals surface area contributed by atoms with Crippen LogP contribution in [-0.2, 0) is 9.59 Å². The van der Waals surface area contributed by atoms with Crippen LogP contribution < -0.4 is 10.6 Å². The summed E-state index contributed by atoms with van der Waals surface area (Å²) in [5.41, 5.74) is 6.41. The van der Waals surface area contributed by atoms with Crippen LogP contribution in [0, 0.1) is 27.7 Å². The molecule has 1 unspecified atom stereocenters. The van der Waals surface area contributed by atoms with Gasteiger partial charge in [0.2, 0.25) is 11.8 Å². The number of hydrogen-bond donors (Lipinski definition) is 2. The van der Waals surface area contributed by atoms with E-state index >= 15 is 0 Å². The van der Waals surface area contributed by atoms with Crippen molar-refractivity contribution in [1.29, 1.82) is 0 Å². The molecule has 1 atom stereocenters. The molecule has 2 aromatic rings. The van der Waals surface area contributed by atoms with Crippen LogP contribution in [0.15, 0.2) is 36.4 Å². The molecule has 0 bridgehead atoms. The van der Waals surface area contributed by atoms with E-state index in [1.807, 2.05) is 45.0 Å². The van der Waals surface area contributed by atoms with Gasteiger partial charge in [0.1, 0.15) is 0 Å². The first-order valence-corrected chi connectivity index (χ1v) is 9.58. The van der Waals surface area contributed by atoms with Crippen molar-refractivity contribution in [3.05, 3.63) is 64.2 Å². The Morgan fingerprint density at radius 2 is 1.50 bits per heavy atom. The smallest absolute Gasteiger partial charge is 0.238 e. The molecule has 28 heavy (non-hydrogen) atoms. The fraction of sp³-hybridized carbons (Fsp3) is 0.391. The van der Waals surface area contributed by atoms with Crippen LogP contribution in [0.5, 0.6) is 0 Å². The van der Waals surface area contributed by atoms with Gasteiger partial charge in [0.05, 0.1) is 19.1 Å². The number of amides is 2. The molecule has 0 spiro atoms. The predicted octanol–water partition coefficient (Wildman–Crippen LogP) is 3.67. The Kier molecular flexibility index (Phi) is 7.35. The first-order valence-electron chi connectivity index (χ1n) is 9.58. The van der Waals surface area contributed by atoms with Gasteiger partial charge in [0.25, 0.3) is 0 Å². The highest BCUT2D eigenvalue weighted by Crippen LogP contribution is 2.19. The highest BCUT2D eigenvalue weighted by atomic mass is 16.2. The number of hydrogen-bond acceptors (Lipinski definition) is 3. The number of nitrogens with one attached hydrogen (secondary N) is 2. The minimum absolute atomic E-state index is 0.0800. The van der Waals surface area contributed by atoms with Crippen molar-refractivity contribution >= 4 is 17.5 Å². The second kappa shape index (κ2) is 9.51. The van der Waals surface area contributed by atoms with Crippen LogP contribution in [0.3, 0.4) is 0 Å². The van der Waals surface area contributed by atoms with E-state index < -0.39 is 0 Å². The lowest BCUT2D eigenvalue weighted by Gasteiger charge is -2.20. The van der Waals surface area contributed by atoms with Crippen LogP contribution >= 0.6 is 0 Å². The number of nitrogens with zero attached hydrogens (tertiary/aromatic N) is 1. The molecular formula is C23H31N3O2. The van der Waals surface area contributed by atoms with Gasteiger partial charge >= 0.3 is 0 Å². The van der Waals surface area contributed by atoms with Crippen LogP contribution in [0.2, 0.25) is 0 Å². The van der Waals surface area contributed by atoms with E-state index in [-0.39, 0.29) is 30.9 Å². The quantitative estimate of drug-likeness (QED) is 0.769. The van der Waals surface area contributed by atoms with Gasteiger partial charge in [0, 0.05) is 5.69 Å². The second-order valence-corrected chi connectivity index (χ2v) is 7.62. The summed E-state index contributed by atoms with van der Waals surface area (Å²) in [7, 11) is 1.77. The van der Waals surface area contributed by atoms with Crippen molar-refractivity contribution in [1.82, 2.24) is 10.2 Å². The van der Waals surface area contributed by atoms with Crippen molar-refractivity contribution < 1.29 is 9.59 Å². The van der Waals surface area contributed by atoms with Crippen molar-refractivity contribution in [3.63, 3.8) is 0 Å². The van der Waals surface area contributed by atoms with Gasteiger partial charge in [-0.3, -0.25) is 14.5 Å². The summed E-state index contributed by atoms with van der Waals surface area (Å²) in [4.78, 5) is 26.4. The topological polar surface area (TPSA) is 61.4 Å². The number of benzene rings is 2. The molecule has 2 amide bonds. The summed E-state index contributed by atoms with van der Waals surface area (Å²) in [5.74, 6) is -0.233. The molecule has 0 radical (unpaired) electrons. The molecule has 0 heterocycles. The van der Waals surface area contributed by atoms with Crippen LogP contribution in [0.1, 0.15) is 40.8 Å². The fourth-order valence-corrected chi connectivity index (χ4v) is 3.14. The Bertz CT molecular complexity index is 841. The largest absolute Gasteiger partial charge is 0.348 e. The fourth-order valence-electron chi connectivity index (χ4n) is 3.14. The van der Waals surface area contributed by atoms with Crippen LogP contribution in [0.4, 0.5) is 5.69 Å². The summed E-state index contributed by atoms with van der Waals surface area (Å²) < 4.78 is 0. The van der Waals surface area contributed by atoms with Gasteiger partial charge in [0.15, 0.2) is 0 Å². The SMILES string of the molecule is Cc1ccc(C(C)NC(=O)CN(C)CC(=O)Nc2c(C)cccc2C)cc1C. The molecule has 2 aromatic carbocycles. The lowest BCUT2D eigenvalue weighted by atomic mass is 10.0. The summed E-state index contributed by atoms with van der Waals surface area (Å²) >= 11 is 0. The summed E-state index contributed by atoms with van der Waals surface area (Å²) in [6.45, 7) is 10.4. The molecule has 0 saturated carbocycles. The standard InChI is InChI=1S/C23H31N3O2/c1-15-10-11-20(12-18(15)4)19(5)24-21(27)13-26(6)14-22(28)25-23-16(2)8-7-9-17(23)3/h7-12,19H,13-14H2,1-6H3,(H,24,27)(H,25,28). The van der Waals surface area contributed by atoms with Gasteiger partial charge in [-0.2, -0.15) is 0 Å². The molecular weight excluding hydrogens is 350 g/mol. The Hall–Kier alpha value is -2.66. The second-order valence-electron chi connectivity index (χ2n) is 7.62. The molecule has 0 aliphatic carbocycles. The molecule has 0 saturated heterocycles. The van der Waals surface area contributed by atoms with Gasteiger partial charge in [-0.1, -0.05) is 36.4 Å². The Morgan fingerprint density at radius 3 is 2.11 bits per heavy atom. The Balaban J connectivity index is 1.86. The summed E-state index contributed by atoms with van der Waals surface area (Å²) in [6.07, 6.45) is 0. The Labute approximate surface area is 168 Å².